The molecule has 0 radical (unpaired) electrons. The van der Waals surface area contributed by atoms with Crippen LogP contribution in [0.4, 0.5) is 0 Å². The molecule has 1 amide bonds. The fraction of sp³-hybridized carbons (Fsp3) is 0.538. The van der Waals surface area contributed by atoms with Gasteiger partial charge in [-0.1, -0.05) is 0 Å². The lowest BCUT2D eigenvalue weighted by Crippen LogP contribution is -2.37. The standard InChI is InChI=1S/C13H20N2O4/c1-8(2)15-12(16)7-14-6-10-5-11(9(3)19-10)13(17)18-4/h5,8,14H,6-7H2,1-4H3,(H,15,16). The molecule has 0 aliphatic rings. The quantitative estimate of drug-likeness (QED) is 0.752. The summed E-state index contributed by atoms with van der Waals surface area (Å²) in [4.78, 5) is 22.8. The van der Waals surface area contributed by atoms with Crippen molar-refractivity contribution >= 4 is 11.9 Å². The van der Waals surface area contributed by atoms with Crippen molar-refractivity contribution in [3.63, 3.8) is 0 Å². The number of carbonyl (C=O) groups is 2. The number of methoxy groups -OCH3 is 1. The molecule has 0 fully saturated rings. The van der Waals surface area contributed by atoms with E-state index < -0.39 is 5.97 Å². The van der Waals surface area contributed by atoms with Gasteiger partial charge in [0.2, 0.25) is 5.91 Å². The highest BCUT2D eigenvalue weighted by Gasteiger charge is 2.15. The summed E-state index contributed by atoms with van der Waals surface area (Å²) in [5, 5.41) is 5.71. The van der Waals surface area contributed by atoms with Gasteiger partial charge >= 0.3 is 5.97 Å². The number of hydrogen-bond acceptors (Lipinski definition) is 5. The van der Waals surface area contributed by atoms with Crippen molar-refractivity contribution in [1.29, 1.82) is 0 Å². The Morgan fingerprint density at radius 3 is 2.68 bits per heavy atom. The predicted molar refractivity (Wildman–Crippen MR) is 69.8 cm³/mol. The molecule has 0 unspecified atom stereocenters. The number of esters is 1. The van der Waals surface area contributed by atoms with Crippen LogP contribution in [0.2, 0.25) is 0 Å². The fourth-order valence-corrected chi connectivity index (χ4v) is 1.62. The monoisotopic (exact) mass is 268 g/mol. The predicted octanol–water partition coefficient (Wildman–Crippen LogP) is 0.989. The van der Waals surface area contributed by atoms with Gasteiger partial charge in [0.1, 0.15) is 17.1 Å². The molecule has 6 nitrogen and oxygen atoms in total. The van der Waals surface area contributed by atoms with Crippen LogP contribution in [0.25, 0.3) is 0 Å². The summed E-state index contributed by atoms with van der Waals surface area (Å²) >= 11 is 0. The summed E-state index contributed by atoms with van der Waals surface area (Å²) in [6.45, 7) is 6.07. The minimum atomic E-state index is -0.426. The van der Waals surface area contributed by atoms with Gasteiger partial charge in [0, 0.05) is 6.04 Å². The number of aryl methyl sites for hydroxylation is 1. The SMILES string of the molecule is COC(=O)c1cc(CNCC(=O)NC(C)C)oc1C. The van der Waals surface area contributed by atoms with Crippen molar-refractivity contribution in [1.82, 2.24) is 10.6 Å². The van der Waals surface area contributed by atoms with Gasteiger partial charge in [0.25, 0.3) is 0 Å². The van der Waals surface area contributed by atoms with Gasteiger partial charge < -0.3 is 19.8 Å². The number of carbonyl (C=O) groups excluding carboxylic acids is 2. The molecule has 19 heavy (non-hydrogen) atoms. The van der Waals surface area contributed by atoms with E-state index >= 15 is 0 Å². The molecule has 1 aromatic heterocycles. The molecule has 1 aromatic rings. The average Bonchev–Trinajstić information content (AvgIpc) is 2.68. The molecule has 0 bridgehead atoms. The zero-order valence-electron chi connectivity index (χ0n) is 11.7. The second-order valence-corrected chi connectivity index (χ2v) is 4.50. The molecule has 0 aliphatic carbocycles. The van der Waals surface area contributed by atoms with Crippen LogP contribution in [0, 0.1) is 6.92 Å². The zero-order valence-corrected chi connectivity index (χ0v) is 11.7. The molecule has 0 spiro atoms. The summed E-state index contributed by atoms with van der Waals surface area (Å²) in [6, 6.07) is 1.74. The van der Waals surface area contributed by atoms with Gasteiger partial charge in [0.15, 0.2) is 0 Å². The maximum Gasteiger partial charge on any atom is 0.341 e. The van der Waals surface area contributed by atoms with Crippen LogP contribution in [0.1, 0.15) is 35.7 Å². The molecule has 0 saturated heterocycles. The Morgan fingerprint density at radius 2 is 2.11 bits per heavy atom. The summed E-state index contributed by atoms with van der Waals surface area (Å²) in [5.41, 5.74) is 0.408. The summed E-state index contributed by atoms with van der Waals surface area (Å²) < 4.78 is 10.0. The molecule has 106 valence electrons. The highest BCUT2D eigenvalue weighted by molar-refractivity contribution is 5.90. The molecular formula is C13H20N2O4. The van der Waals surface area contributed by atoms with E-state index in [4.69, 9.17) is 4.42 Å². The van der Waals surface area contributed by atoms with E-state index in [9.17, 15) is 9.59 Å². The van der Waals surface area contributed by atoms with Gasteiger partial charge in [0.05, 0.1) is 20.2 Å². The van der Waals surface area contributed by atoms with Crippen molar-refractivity contribution in [2.24, 2.45) is 0 Å². The topological polar surface area (TPSA) is 80.6 Å². The van der Waals surface area contributed by atoms with Crippen LogP contribution >= 0.6 is 0 Å². The van der Waals surface area contributed by atoms with Crippen molar-refractivity contribution < 1.29 is 18.7 Å². The summed E-state index contributed by atoms with van der Waals surface area (Å²) in [5.74, 6) is 0.599. The van der Waals surface area contributed by atoms with Gasteiger partial charge in [-0.15, -0.1) is 0 Å². The van der Waals surface area contributed by atoms with E-state index in [-0.39, 0.29) is 18.5 Å². The molecular weight excluding hydrogens is 248 g/mol. The number of furan rings is 1. The fourth-order valence-electron chi connectivity index (χ4n) is 1.62. The second kappa shape index (κ2) is 6.94. The Balaban J connectivity index is 2.46. The average molecular weight is 268 g/mol. The number of hydrogen-bond donors (Lipinski definition) is 2. The maximum atomic E-state index is 11.4. The molecule has 1 rings (SSSR count). The third-order valence-corrected chi connectivity index (χ3v) is 2.41. The normalized spacial score (nSPS) is 10.6. The largest absolute Gasteiger partial charge is 0.465 e. The van der Waals surface area contributed by atoms with Crippen LogP contribution < -0.4 is 10.6 Å². The number of amides is 1. The third-order valence-electron chi connectivity index (χ3n) is 2.41. The first kappa shape index (κ1) is 15.2. The molecule has 6 heteroatoms. The van der Waals surface area contributed by atoms with Crippen molar-refractivity contribution in [3.8, 4) is 0 Å². The maximum absolute atomic E-state index is 11.4. The third kappa shape index (κ3) is 4.75. The van der Waals surface area contributed by atoms with E-state index in [1.54, 1.807) is 13.0 Å². The van der Waals surface area contributed by atoms with Crippen LogP contribution in [-0.2, 0) is 16.1 Å². The second-order valence-electron chi connectivity index (χ2n) is 4.50. The van der Waals surface area contributed by atoms with Crippen molar-refractivity contribution in [3.05, 3.63) is 23.2 Å². The first-order valence-corrected chi connectivity index (χ1v) is 6.11. The molecule has 0 aliphatic heterocycles. The molecule has 0 aromatic carbocycles. The first-order chi connectivity index (χ1) is 8.93. The zero-order chi connectivity index (χ0) is 14.4. The lowest BCUT2D eigenvalue weighted by atomic mass is 10.2. The van der Waals surface area contributed by atoms with E-state index in [0.717, 1.165) is 0 Å². The van der Waals surface area contributed by atoms with Crippen LogP contribution in [-0.4, -0.2) is 31.6 Å². The summed E-state index contributed by atoms with van der Waals surface area (Å²) in [6.07, 6.45) is 0. The lowest BCUT2D eigenvalue weighted by Gasteiger charge is -2.08. The van der Waals surface area contributed by atoms with Crippen LogP contribution in [0.3, 0.4) is 0 Å². The number of nitrogens with one attached hydrogen (secondary N) is 2. The lowest BCUT2D eigenvalue weighted by molar-refractivity contribution is -0.120. The Hall–Kier alpha value is -1.82. The van der Waals surface area contributed by atoms with E-state index in [1.807, 2.05) is 13.8 Å². The number of ether oxygens (including phenoxy) is 1. The van der Waals surface area contributed by atoms with Gasteiger partial charge in [-0.3, -0.25) is 4.79 Å². The van der Waals surface area contributed by atoms with Crippen molar-refractivity contribution in [2.75, 3.05) is 13.7 Å². The van der Waals surface area contributed by atoms with E-state index in [2.05, 4.69) is 15.4 Å². The van der Waals surface area contributed by atoms with Crippen molar-refractivity contribution in [2.45, 2.75) is 33.4 Å². The highest BCUT2D eigenvalue weighted by Crippen LogP contribution is 2.15. The molecule has 1 heterocycles. The molecule has 2 N–H and O–H groups in total. The van der Waals surface area contributed by atoms with E-state index in [1.165, 1.54) is 7.11 Å². The van der Waals surface area contributed by atoms with Gasteiger partial charge in [-0.25, -0.2) is 4.79 Å². The number of rotatable bonds is 6. The van der Waals surface area contributed by atoms with Crippen LogP contribution in [0.15, 0.2) is 10.5 Å². The summed E-state index contributed by atoms with van der Waals surface area (Å²) in [7, 11) is 1.32. The Morgan fingerprint density at radius 1 is 1.42 bits per heavy atom. The minimum absolute atomic E-state index is 0.0773. The van der Waals surface area contributed by atoms with Gasteiger partial charge in [-0.05, 0) is 26.8 Å². The van der Waals surface area contributed by atoms with E-state index in [0.29, 0.717) is 23.6 Å². The first-order valence-electron chi connectivity index (χ1n) is 6.11. The smallest absolute Gasteiger partial charge is 0.341 e. The Labute approximate surface area is 112 Å². The molecule has 0 saturated carbocycles. The Bertz CT molecular complexity index is 451. The highest BCUT2D eigenvalue weighted by atomic mass is 16.5. The minimum Gasteiger partial charge on any atom is -0.465 e. The molecule has 0 atom stereocenters. The Kier molecular flexibility index (Phi) is 5.57. The van der Waals surface area contributed by atoms with Crippen LogP contribution in [0.5, 0.6) is 0 Å². The van der Waals surface area contributed by atoms with Gasteiger partial charge in [-0.2, -0.15) is 0 Å².